The first-order valence-corrected chi connectivity index (χ1v) is 8.59. The molecule has 0 spiro atoms. The van der Waals surface area contributed by atoms with Crippen molar-refractivity contribution in [2.75, 3.05) is 5.73 Å². The van der Waals surface area contributed by atoms with Crippen LogP contribution in [0.4, 0.5) is 5.82 Å². The molecule has 27 heavy (non-hydrogen) atoms. The number of nitrogen functional groups attached to an aromatic ring is 1. The highest BCUT2D eigenvalue weighted by molar-refractivity contribution is 6.31. The number of carbonyl (C=O) groups excluding carboxylic acids is 1. The first-order valence-electron chi connectivity index (χ1n) is 8.21. The number of amides is 1. The smallest absolute Gasteiger partial charge is 0.251 e. The fraction of sp³-hybridized carbons (Fsp3) is 0.0526. The van der Waals surface area contributed by atoms with Crippen LogP contribution < -0.4 is 11.1 Å². The van der Waals surface area contributed by atoms with Gasteiger partial charge in [0, 0.05) is 23.3 Å². The van der Waals surface area contributed by atoms with E-state index in [0.717, 1.165) is 5.56 Å². The van der Waals surface area contributed by atoms with Gasteiger partial charge in [0.05, 0.1) is 0 Å². The standard InChI is InChI=1S/C19H15ClN6O/c20-14-6-2-1-5-12(14)11-23-19(27)13-9-16(21)26-17(10-13)24-18(25-26)15-7-3-4-8-22-15/h1-10H,11,21H2,(H,23,27). The van der Waals surface area contributed by atoms with Gasteiger partial charge in [-0.15, -0.1) is 5.10 Å². The summed E-state index contributed by atoms with van der Waals surface area (Å²) in [5.41, 5.74) is 8.39. The average molecular weight is 379 g/mol. The second-order valence-corrected chi connectivity index (χ2v) is 6.27. The Morgan fingerprint density at radius 1 is 1.15 bits per heavy atom. The number of aromatic nitrogens is 4. The Hall–Kier alpha value is -3.45. The summed E-state index contributed by atoms with van der Waals surface area (Å²) in [6.07, 6.45) is 1.66. The molecule has 0 unspecified atom stereocenters. The summed E-state index contributed by atoms with van der Waals surface area (Å²) in [5, 5.41) is 7.80. The number of nitrogens with one attached hydrogen (secondary N) is 1. The van der Waals surface area contributed by atoms with E-state index in [1.807, 2.05) is 36.4 Å². The van der Waals surface area contributed by atoms with Gasteiger partial charge in [-0.2, -0.15) is 4.52 Å². The van der Waals surface area contributed by atoms with Crippen molar-refractivity contribution in [1.82, 2.24) is 24.9 Å². The van der Waals surface area contributed by atoms with E-state index in [-0.39, 0.29) is 5.91 Å². The lowest BCUT2D eigenvalue weighted by Crippen LogP contribution is -2.23. The molecule has 134 valence electrons. The maximum atomic E-state index is 12.5. The highest BCUT2D eigenvalue weighted by atomic mass is 35.5. The molecule has 7 nitrogen and oxygen atoms in total. The molecule has 0 saturated heterocycles. The van der Waals surface area contributed by atoms with Crippen molar-refractivity contribution in [1.29, 1.82) is 0 Å². The van der Waals surface area contributed by atoms with E-state index in [2.05, 4.69) is 20.4 Å². The van der Waals surface area contributed by atoms with Gasteiger partial charge in [-0.05, 0) is 35.9 Å². The number of benzene rings is 1. The number of hydrogen-bond donors (Lipinski definition) is 2. The van der Waals surface area contributed by atoms with Gasteiger partial charge in [-0.1, -0.05) is 35.9 Å². The SMILES string of the molecule is Nc1cc(C(=O)NCc2ccccc2Cl)cc2nc(-c3ccccn3)nn12. The van der Waals surface area contributed by atoms with Crippen LogP contribution >= 0.6 is 11.6 Å². The number of hydrogen-bond acceptors (Lipinski definition) is 5. The number of nitrogens with zero attached hydrogens (tertiary/aromatic N) is 4. The van der Waals surface area contributed by atoms with Crippen molar-refractivity contribution in [3.05, 3.63) is 76.9 Å². The Bertz CT molecular complexity index is 1130. The minimum absolute atomic E-state index is 0.272. The van der Waals surface area contributed by atoms with E-state index in [1.54, 1.807) is 24.4 Å². The highest BCUT2D eigenvalue weighted by Gasteiger charge is 2.14. The molecule has 0 aliphatic carbocycles. The van der Waals surface area contributed by atoms with Crippen LogP contribution in [0.3, 0.4) is 0 Å². The molecule has 1 aromatic carbocycles. The number of anilines is 1. The minimum atomic E-state index is -0.272. The zero-order valence-corrected chi connectivity index (χ0v) is 14.9. The lowest BCUT2D eigenvalue weighted by molar-refractivity contribution is 0.0951. The molecule has 0 saturated carbocycles. The molecule has 8 heteroatoms. The Morgan fingerprint density at radius 3 is 2.74 bits per heavy atom. The van der Waals surface area contributed by atoms with Crippen molar-refractivity contribution >= 4 is 29.0 Å². The zero-order valence-electron chi connectivity index (χ0n) is 14.1. The van der Waals surface area contributed by atoms with Gasteiger partial charge >= 0.3 is 0 Å². The predicted octanol–water partition coefficient (Wildman–Crippen LogP) is 2.96. The summed E-state index contributed by atoms with van der Waals surface area (Å²) < 4.78 is 1.48. The molecule has 0 aliphatic rings. The van der Waals surface area contributed by atoms with Crippen molar-refractivity contribution in [2.45, 2.75) is 6.54 Å². The van der Waals surface area contributed by atoms with Crippen LogP contribution in [0, 0.1) is 0 Å². The van der Waals surface area contributed by atoms with E-state index >= 15 is 0 Å². The summed E-state index contributed by atoms with van der Waals surface area (Å²) in [4.78, 5) is 21.2. The monoisotopic (exact) mass is 378 g/mol. The molecule has 4 aromatic rings. The van der Waals surface area contributed by atoms with Gasteiger partial charge in [-0.25, -0.2) is 4.98 Å². The lowest BCUT2D eigenvalue weighted by atomic mass is 10.2. The van der Waals surface area contributed by atoms with Gasteiger partial charge < -0.3 is 11.1 Å². The molecular formula is C19H15ClN6O. The second kappa shape index (κ2) is 7.05. The minimum Gasteiger partial charge on any atom is -0.384 e. The fourth-order valence-electron chi connectivity index (χ4n) is 2.66. The molecule has 0 bridgehead atoms. The largest absolute Gasteiger partial charge is 0.384 e. The van der Waals surface area contributed by atoms with E-state index in [4.69, 9.17) is 17.3 Å². The van der Waals surface area contributed by atoms with Crippen molar-refractivity contribution < 1.29 is 4.79 Å². The molecular weight excluding hydrogens is 364 g/mol. The molecule has 0 fully saturated rings. The molecule has 0 atom stereocenters. The zero-order chi connectivity index (χ0) is 18.8. The van der Waals surface area contributed by atoms with Gasteiger partial charge in [0.1, 0.15) is 11.5 Å². The Kier molecular flexibility index (Phi) is 4.43. The van der Waals surface area contributed by atoms with E-state index in [0.29, 0.717) is 40.1 Å². The fourth-order valence-corrected chi connectivity index (χ4v) is 2.87. The van der Waals surface area contributed by atoms with Crippen molar-refractivity contribution in [3.63, 3.8) is 0 Å². The third kappa shape index (κ3) is 3.45. The topological polar surface area (TPSA) is 98.2 Å². The molecule has 3 heterocycles. The second-order valence-electron chi connectivity index (χ2n) is 5.86. The first kappa shape index (κ1) is 17.0. The molecule has 3 N–H and O–H groups in total. The van der Waals surface area contributed by atoms with Crippen molar-refractivity contribution in [3.8, 4) is 11.5 Å². The quantitative estimate of drug-likeness (QED) is 0.569. The van der Waals surface area contributed by atoms with Crippen LogP contribution in [0.25, 0.3) is 17.2 Å². The number of carbonyl (C=O) groups is 1. The number of pyridine rings is 2. The molecule has 4 rings (SSSR count). The number of nitrogens with two attached hydrogens (primary N) is 1. The normalized spacial score (nSPS) is 10.9. The summed E-state index contributed by atoms with van der Waals surface area (Å²) in [5.74, 6) is 0.479. The van der Waals surface area contributed by atoms with Crippen LogP contribution in [0.5, 0.6) is 0 Å². The van der Waals surface area contributed by atoms with Crippen LogP contribution in [0.15, 0.2) is 60.8 Å². The molecule has 0 aliphatic heterocycles. The van der Waals surface area contributed by atoms with Gasteiger partial charge in [-0.3, -0.25) is 9.78 Å². The third-order valence-electron chi connectivity index (χ3n) is 4.02. The first-order chi connectivity index (χ1) is 13.1. The van der Waals surface area contributed by atoms with Crippen molar-refractivity contribution in [2.24, 2.45) is 0 Å². The van der Waals surface area contributed by atoms with E-state index in [1.165, 1.54) is 4.52 Å². The lowest BCUT2D eigenvalue weighted by Gasteiger charge is -2.08. The summed E-state index contributed by atoms with van der Waals surface area (Å²) in [6, 6.07) is 16.0. The number of fused-ring (bicyclic) bond motifs is 1. The van der Waals surface area contributed by atoms with Crippen LogP contribution in [0.2, 0.25) is 5.02 Å². The predicted molar refractivity (Wildman–Crippen MR) is 103 cm³/mol. The van der Waals surface area contributed by atoms with Crippen LogP contribution in [0.1, 0.15) is 15.9 Å². The summed E-state index contributed by atoms with van der Waals surface area (Å²) in [6.45, 7) is 0.315. The third-order valence-corrected chi connectivity index (χ3v) is 4.39. The van der Waals surface area contributed by atoms with Gasteiger partial charge in [0.25, 0.3) is 5.91 Å². The highest BCUT2D eigenvalue weighted by Crippen LogP contribution is 2.18. The Morgan fingerprint density at radius 2 is 1.96 bits per heavy atom. The number of rotatable bonds is 4. The molecule has 1 amide bonds. The van der Waals surface area contributed by atoms with Crippen LogP contribution in [-0.4, -0.2) is 25.5 Å². The maximum Gasteiger partial charge on any atom is 0.251 e. The molecule has 3 aromatic heterocycles. The van der Waals surface area contributed by atoms with Gasteiger partial charge in [0.2, 0.25) is 5.82 Å². The van der Waals surface area contributed by atoms with Crippen LogP contribution in [-0.2, 0) is 6.54 Å². The average Bonchev–Trinajstić information content (AvgIpc) is 3.13. The Labute approximate surface area is 159 Å². The number of halogens is 1. The van der Waals surface area contributed by atoms with E-state index in [9.17, 15) is 4.79 Å². The molecule has 0 radical (unpaired) electrons. The van der Waals surface area contributed by atoms with Gasteiger partial charge in [0.15, 0.2) is 5.65 Å². The van der Waals surface area contributed by atoms with E-state index < -0.39 is 0 Å². The summed E-state index contributed by atoms with van der Waals surface area (Å²) in [7, 11) is 0. The Balaban J connectivity index is 1.60. The maximum absolute atomic E-state index is 12.5. The summed E-state index contributed by atoms with van der Waals surface area (Å²) >= 11 is 6.12.